The van der Waals surface area contributed by atoms with Crippen LogP contribution >= 0.6 is 0 Å². The van der Waals surface area contributed by atoms with Gasteiger partial charge in [-0.15, -0.1) is 0 Å². The molecule has 1 atom stereocenters. The fourth-order valence-electron chi connectivity index (χ4n) is 2.97. The highest BCUT2D eigenvalue weighted by Crippen LogP contribution is 2.29. The molecule has 5 nitrogen and oxygen atoms in total. The summed E-state index contributed by atoms with van der Waals surface area (Å²) in [5.41, 5.74) is 3.66. The standard InChI is InChI=1S/C16H21N3O2/c20-9-8-19-16-3-1-2-15(14(16)11-18-19)17-10-12-4-6-13(21)7-5-12/h4-7,11,15,17,20-21H,1-3,8-10H2. The molecule has 1 aromatic heterocycles. The largest absolute Gasteiger partial charge is 0.508 e. The average Bonchev–Trinajstić information content (AvgIpc) is 2.91. The normalized spacial score (nSPS) is 17.7. The highest BCUT2D eigenvalue weighted by atomic mass is 16.3. The Kier molecular flexibility index (Phi) is 4.22. The minimum atomic E-state index is 0.125. The molecule has 3 N–H and O–H groups in total. The van der Waals surface area contributed by atoms with Crippen molar-refractivity contribution >= 4 is 0 Å². The van der Waals surface area contributed by atoms with Gasteiger partial charge < -0.3 is 15.5 Å². The lowest BCUT2D eigenvalue weighted by molar-refractivity contribution is 0.266. The molecule has 1 aliphatic rings. The molecule has 1 heterocycles. The van der Waals surface area contributed by atoms with Crippen LogP contribution in [-0.2, 0) is 19.5 Å². The van der Waals surface area contributed by atoms with E-state index in [-0.39, 0.29) is 6.61 Å². The molecule has 0 bridgehead atoms. The van der Waals surface area contributed by atoms with E-state index >= 15 is 0 Å². The predicted octanol–water partition coefficient (Wildman–Crippen LogP) is 1.75. The second kappa shape index (κ2) is 6.28. The highest BCUT2D eigenvalue weighted by molar-refractivity contribution is 5.27. The van der Waals surface area contributed by atoms with Crippen molar-refractivity contribution in [2.45, 2.75) is 38.4 Å². The third kappa shape index (κ3) is 3.09. The van der Waals surface area contributed by atoms with Crippen LogP contribution in [0.5, 0.6) is 5.75 Å². The number of hydrogen-bond acceptors (Lipinski definition) is 4. The van der Waals surface area contributed by atoms with Crippen LogP contribution in [0.15, 0.2) is 30.5 Å². The summed E-state index contributed by atoms with van der Waals surface area (Å²) in [4.78, 5) is 0. The molecule has 0 amide bonds. The number of fused-ring (bicyclic) bond motifs is 1. The average molecular weight is 287 g/mol. The monoisotopic (exact) mass is 287 g/mol. The van der Waals surface area contributed by atoms with Crippen molar-refractivity contribution in [3.63, 3.8) is 0 Å². The Balaban J connectivity index is 1.69. The second-order valence-electron chi connectivity index (χ2n) is 5.49. The smallest absolute Gasteiger partial charge is 0.115 e. The number of aliphatic hydroxyl groups is 1. The number of hydrogen-bond donors (Lipinski definition) is 3. The number of rotatable bonds is 5. The van der Waals surface area contributed by atoms with Crippen LogP contribution in [-0.4, -0.2) is 26.6 Å². The Hall–Kier alpha value is -1.85. The second-order valence-corrected chi connectivity index (χ2v) is 5.49. The Morgan fingerprint density at radius 3 is 2.86 bits per heavy atom. The Labute approximate surface area is 124 Å². The molecule has 1 unspecified atom stereocenters. The molecular weight excluding hydrogens is 266 g/mol. The van der Waals surface area contributed by atoms with Crippen LogP contribution in [0.25, 0.3) is 0 Å². The van der Waals surface area contributed by atoms with Crippen molar-refractivity contribution in [3.8, 4) is 5.75 Å². The molecule has 3 rings (SSSR count). The Morgan fingerprint density at radius 2 is 2.10 bits per heavy atom. The number of nitrogens with zero attached hydrogens (tertiary/aromatic N) is 2. The number of phenols is 1. The Morgan fingerprint density at radius 1 is 1.29 bits per heavy atom. The maximum atomic E-state index is 9.31. The van der Waals surface area contributed by atoms with E-state index in [4.69, 9.17) is 5.11 Å². The lowest BCUT2D eigenvalue weighted by Gasteiger charge is -2.24. The van der Waals surface area contributed by atoms with Gasteiger partial charge in [0.05, 0.1) is 19.3 Å². The maximum absolute atomic E-state index is 9.31. The summed E-state index contributed by atoms with van der Waals surface area (Å²) < 4.78 is 1.92. The number of aliphatic hydroxyl groups excluding tert-OH is 1. The summed E-state index contributed by atoms with van der Waals surface area (Å²) in [7, 11) is 0. The van der Waals surface area contributed by atoms with Gasteiger partial charge in [-0.1, -0.05) is 12.1 Å². The molecule has 21 heavy (non-hydrogen) atoms. The van der Waals surface area contributed by atoms with Gasteiger partial charge in [0.25, 0.3) is 0 Å². The first-order chi connectivity index (χ1) is 10.3. The van der Waals surface area contributed by atoms with Gasteiger partial charge in [-0.2, -0.15) is 5.10 Å². The quantitative estimate of drug-likeness (QED) is 0.783. The molecule has 112 valence electrons. The van der Waals surface area contributed by atoms with Gasteiger partial charge in [0.2, 0.25) is 0 Å². The number of aromatic nitrogens is 2. The van der Waals surface area contributed by atoms with Gasteiger partial charge in [-0.3, -0.25) is 4.68 Å². The van der Waals surface area contributed by atoms with Crippen LogP contribution in [0.1, 0.15) is 35.7 Å². The first kappa shape index (κ1) is 14.1. The van der Waals surface area contributed by atoms with Crippen molar-refractivity contribution in [1.82, 2.24) is 15.1 Å². The van der Waals surface area contributed by atoms with Gasteiger partial charge in [0.1, 0.15) is 5.75 Å². The van der Waals surface area contributed by atoms with E-state index in [1.165, 1.54) is 11.3 Å². The predicted molar refractivity (Wildman–Crippen MR) is 79.9 cm³/mol. The zero-order valence-electron chi connectivity index (χ0n) is 12.0. The lowest BCUT2D eigenvalue weighted by atomic mass is 9.93. The van der Waals surface area contributed by atoms with Gasteiger partial charge in [0.15, 0.2) is 0 Å². The highest BCUT2D eigenvalue weighted by Gasteiger charge is 2.23. The zero-order valence-corrected chi connectivity index (χ0v) is 12.0. The van der Waals surface area contributed by atoms with Gasteiger partial charge in [-0.05, 0) is 37.0 Å². The number of nitrogens with one attached hydrogen (secondary N) is 1. The van der Waals surface area contributed by atoms with Crippen LogP contribution in [0.4, 0.5) is 0 Å². The molecule has 0 radical (unpaired) electrons. The fraction of sp³-hybridized carbons (Fsp3) is 0.438. The third-order valence-corrected chi connectivity index (χ3v) is 4.06. The van der Waals surface area contributed by atoms with Crippen LogP contribution in [0, 0.1) is 0 Å². The molecule has 0 fully saturated rings. The van der Waals surface area contributed by atoms with Crippen molar-refractivity contribution in [1.29, 1.82) is 0 Å². The van der Waals surface area contributed by atoms with E-state index < -0.39 is 0 Å². The first-order valence-electron chi connectivity index (χ1n) is 7.44. The minimum Gasteiger partial charge on any atom is -0.508 e. The topological polar surface area (TPSA) is 70.3 Å². The molecule has 0 aliphatic heterocycles. The summed E-state index contributed by atoms with van der Waals surface area (Å²) in [6.45, 7) is 1.47. The fourth-order valence-corrected chi connectivity index (χ4v) is 2.97. The maximum Gasteiger partial charge on any atom is 0.115 e. The summed E-state index contributed by atoms with van der Waals surface area (Å²) in [6, 6.07) is 7.60. The van der Waals surface area contributed by atoms with Crippen molar-refractivity contribution < 1.29 is 10.2 Å². The van der Waals surface area contributed by atoms with Gasteiger partial charge in [0, 0.05) is 23.8 Å². The molecule has 1 aromatic carbocycles. The minimum absolute atomic E-state index is 0.125. The van der Waals surface area contributed by atoms with Crippen LogP contribution in [0.2, 0.25) is 0 Å². The van der Waals surface area contributed by atoms with Crippen molar-refractivity contribution in [2.75, 3.05) is 6.61 Å². The van der Waals surface area contributed by atoms with E-state index in [2.05, 4.69) is 10.4 Å². The first-order valence-corrected chi connectivity index (χ1v) is 7.44. The molecular formula is C16H21N3O2. The third-order valence-electron chi connectivity index (χ3n) is 4.06. The summed E-state index contributed by atoms with van der Waals surface area (Å²) >= 11 is 0. The van der Waals surface area contributed by atoms with Gasteiger partial charge >= 0.3 is 0 Å². The van der Waals surface area contributed by atoms with E-state index in [1.807, 2.05) is 23.0 Å². The van der Waals surface area contributed by atoms with Crippen molar-refractivity contribution in [3.05, 3.63) is 47.3 Å². The SMILES string of the molecule is OCCn1ncc2c1CCCC2NCc1ccc(O)cc1. The summed E-state index contributed by atoms with van der Waals surface area (Å²) in [5, 5.41) is 26.3. The summed E-state index contributed by atoms with van der Waals surface area (Å²) in [5.74, 6) is 0.295. The molecule has 5 heteroatoms. The number of benzene rings is 1. The van der Waals surface area contributed by atoms with E-state index in [0.29, 0.717) is 18.3 Å². The van der Waals surface area contributed by atoms with Gasteiger partial charge in [-0.25, -0.2) is 0 Å². The van der Waals surface area contributed by atoms with E-state index in [9.17, 15) is 5.11 Å². The summed E-state index contributed by atoms with van der Waals surface area (Å²) in [6.07, 6.45) is 5.21. The Bertz CT molecular complexity index is 592. The molecule has 0 spiro atoms. The number of aromatic hydroxyl groups is 1. The zero-order chi connectivity index (χ0) is 14.7. The molecule has 0 saturated carbocycles. The van der Waals surface area contributed by atoms with Crippen molar-refractivity contribution in [2.24, 2.45) is 0 Å². The van der Waals surface area contributed by atoms with E-state index in [0.717, 1.165) is 31.4 Å². The molecule has 0 saturated heterocycles. The molecule has 2 aromatic rings. The molecule has 1 aliphatic carbocycles. The lowest BCUT2D eigenvalue weighted by Crippen LogP contribution is -2.25. The van der Waals surface area contributed by atoms with Crippen LogP contribution < -0.4 is 5.32 Å². The van der Waals surface area contributed by atoms with Crippen LogP contribution in [0.3, 0.4) is 0 Å². The van der Waals surface area contributed by atoms with E-state index in [1.54, 1.807) is 12.1 Å². The number of phenolic OH excluding ortho intramolecular Hbond substituents is 1.